The molecule has 2 aromatic rings. The van der Waals surface area contributed by atoms with Crippen LogP contribution in [0, 0.1) is 13.8 Å². The van der Waals surface area contributed by atoms with Gasteiger partial charge in [0.15, 0.2) is 0 Å². The van der Waals surface area contributed by atoms with Crippen molar-refractivity contribution in [1.82, 2.24) is 20.0 Å². The second-order valence-electron chi connectivity index (χ2n) is 8.78. The molecular formula is C23H32N4O2. The molecule has 1 aromatic heterocycles. The van der Waals surface area contributed by atoms with E-state index in [-0.39, 0.29) is 5.91 Å². The molecule has 1 atom stereocenters. The molecule has 0 saturated carbocycles. The molecule has 4 rings (SSSR count). The van der Waals surface area contributed by atoms with E-state index in [1.54, 1.807) is 0 Å². The number of benzene rings is 1. The monoisotopic (exact) mass is 396 g/mol. The number of aromatic nitrogens is 2. The molecule has 3 heterocycles. The number of β-amino-alcohol motifs (C(OH)–C–C–N with tert-alkyl or cyclic N) is 1. The number of likely N-dealkylation sites (tertiary alicyclic amines) is 1. The summed E-state index contributed by atoms with van der Waals surface area (Å²) in [6, 6.07) is 8.60. The molecule has 2 aliphatic rings. The number of amides is 1. The van der Waals surface area contributed by atoms with Gasteiger partial charge in [-0.25, -0.2) is 0 Å². The summed E-state index contributed by atoms with van der Waals surface area (Å²) >= 11 is 0. The van der Waals surface area contributed by atoms with Crippen molar-refractivity contribution >= 4 is 5.91 Å². The standard InChI is InChI=1S/C23H32N4O2/c1-17-21(18(2)25-24-17)14-22(28)27-11-5-9-23(29,10-13-27)16-26-12-8-19-6-3-4-7-20(19)15-26/h3-4,6-7,29H,5,8-16H2,1-2H3,(H,24,25)/t23-/m0/s1. The van der Waals surface area contributed by atoms with Crippen LogP contribution in [0.4, 0.5) is 0 Å². The number of rotatable bonds is 4. The fourth-order valence-corrected chi connectivity index (χ4v) is 4.79. The molecule has 0 spiro atoms. The Morgan fingerprint density at radius 2 is 1.97 bits per heavy atom. The molecule has 0 aliphatic carbocycles. The summed E-state index contributed by atoms with van der Waals surface area (Å²) in [5.41, 5.74) is 4.95. The summed E-state index contributed by atoms with van der Waals surface area (Å²) in [7, 11) is 0. The van der Waals surface area contributed by atoms with E-state index in [1.165, 1.54) is 11.1 Å². The maximum Gasteiger partial charge on any atom is 0.227 e. The van der Waals surface area contributed by atoms with Crippen molar-refractivity contribution in [3.63, 3.8) is 0 Å². The van der Waals surface area contributed by atoms with E-state index in [0.717, 1.165) is 55.8 Å². The van der Waals surface area contributed by atoms with E-state index in [1.807, 2.05) is 18.7 Å². The fraction of sp³-hybridized carbons (Fsp3) is 0.565. The topological polar surface area (TPSA) is 72.5 Å². The molecule has 0 unspecified atom stereocenters. The molecule has 1 aromatic carbocycles. The van der Waals surface area contributed by atoms with Gasteiger partial charge >= 0.3 is 0 Å². The lowest BCUT2D eigenvalue weighted by Gasteiger charge is -2.36. The summed E-state index contributed by atoms with van der Waals surface area (Å²) in [6.07, 6.45) is 3.66. The number of hydrogen-bond acceptors (Lipinski definition) is 4. The van der Waals surface area contributed by atoms with Crippen molar-refractivity contribution in [2.24, 2.45) is 0 Å². The van der Waals surface area contributed by atoms with Crippen molar-refractivity contribution in [3.8, 4) is 0 Å². The van der Waals surface area contributed by atoms with Gasteiger partial charge in [-0.05, 0) is 50.7 Å². The Morgan fingerprint density at radius 1 is 1.17 bits per heavy atom. The first kappa shape index (κ1) is 20.1. The van der Waals surface area contributed by atoms with Gasteiger partial charge in [0.1, 0.15) is 0 Å². The van der Waals surface area contributed by atoms with Crippen LogP contribution in [0.5, 0.6) is 0 Å². The zero-order valence-electron chi connectivity index (χ0n) is 17.6. The largest absolute Gasteiger partial charge is 0.388 e. The third-order valence-corrected chi connectivity index (χ3v) is 6.61. The molecule has 0 radical (unpaired) electrons. The minimum absolute atomic E-state index is 0.133. The minimum atomic E-state index is -0.719. The van der Waals surface area contributed by atoms with Gasteiger partial charge in [0.05, 0.1) is 17.7 Å². The Kier molecular flexibility index (Phi) is 5.74. The van der Waals surface area contributed by atoms with Crippen LogP contribution in [0.1, 0.15) is 47.3 Å². The van der Waals surface area contributed by atoms with Crippen LogP contribution in [-0.4, -0.2) is 62.8 Å². The number of carbonyl (C=O) groups is 1. The Hall–Kier alpha value is -2.18. The van der Waals surface area contributed by atoms with Crippen molar-refractivity contribution < 1.29 is 9.90 Å². The van der Waals surface area contributed by atoms with Gasteiger partial charge in [-0.3, -0.25) is 14.8 Å². The first-order valence-electron chi connectivity index (χ1n) is 10.7. The third-order valence-electron chi connectivity index (χ3n) is 6.61. The normalized spacial score (nSPS) is 22.9. The maximum atomic E-state index is 12.9. The van der Waals surface area contributed by atoms with E-state index < -0.39 is 5.60 Å². The third kappa shape index (κ3) is 4.54. The number of aromatic amines is 1. The number of aryl methyl sites for hydroxylation is 2. The number of hydrogen-bond donors (Lipinski definition) is 2. The SMILES string of the molecule is Cc1n[nH]c(C)c1CC(=O)N1CCC[C@@](O)(CN2CCc3ccccc3C2)CC1. The number of nitrogens with zero attached hydrogens (tertiary/aromatic N) is 3. The van der Waals surface area contributed by atoms with Crippen LogP contribution in [0.25, 0.3) is 0 Å². The summed E-state index contributed by atoms with van der Waals surface area (Å²) in [5, 5.41) is 18.5. The number of carbonyl (C=O) groups excluding carboxylic acids is 1. The molecule has 1 fully saturated rings. The van der Waals surface area contributed by atoms with Crippen LogP contribution in [0.2, 0.25) is 0 Å². The number of fused-ring (bicyclic) bond motifs is 1. The number of nitrogens with one attached hydrogen (secondary N) is 1. The van der Waals surface area contributed by atoms with Crippen LogP contribution < -0.4 is 0 Å². The second-order valence-corrected chi connectivity index (χ2v) is 8.78. The summed E-state index contributed by atoms with van der Waals surface area (Å²) < 4.78 is 0. The lowest BCUT2D eigenvalue weighted by Crippen LogP contribution is -2.45. The second kappa shape index (κ2) is 8.28. The van der Waals surface area contributed by atoms with E-state index in [0.29, 0.717) is 25.9 Å². The molecule has 156 valence electrons. The highest BCUT2D eigenvalue weighted by Crippen LogP contribution is 2.27. The first-order valence-corrected chi connectivity index (χ1v) is 10.7. The van der Waals surface area contributed by atoms with Crippen LogP contribution in [-0.2, 0) is 24.2 Å². The van der Waals surface area contributed by atoms with Gasteiger partial charge in [0, 0.05) is 44.0 Å². The van der Waals surface area contributed by atoms with Gasteiger partial charge in [-0.2, -0.15) is 5.10 Å². The van der Waals surface area contributed by atoms with Crippen LogP contribution in [0.15, 0.2) is 24.3 Å². The van der Waals surface area contributed by atoms with Crippen molar-refractivity contribution in [3.05, 3.63) is 52.3 Å². The Bertz CT molecular complexity index is 858. The fourth-order valence-electron chi connectivity index (χ4n) is 4.79. The first-order chi connectivity index (χ1) is 13.9. The van der Waals surface area contributed by atoms with Crippen molar-refractivity contribution in [2.75, 3.05) is 26.2 Å². The average Bonchev–Trinajstić information content (AvgIpc) is 2.90. The lowest BCUT2D eigenvalue weighted by atomic mass is 9.92. The summed E-state index contributed by atoms with van der Waals surface area (Å²) in [4.78, 5) is 17.2. The zero-order valence-corrected chi connectivity index (χ0v) is 17.6. The predicted molar refractivity (Wildman–Crippen MR) is 113 cm³/mol. The van der Waals surface area contributed by atoms with Gasteiger partial charge in [0.2, 0.25) is 5.91 Å². The lowest BCUT2D eigenvalue weighted by molar-refractivity contribution is -0.130. The quantitative estimate of drug-likeness (QED) is 0.832. The zero-order chi connectivity index (χ0) is 20.4. The molecule has 2 N–H and O–H groups in total. The predicted octanol–water partition coefficient (Wildman–Crippen LogP) is 2.37. The van der Waals surface area contributed by atoms with E-state index in [4.69, 9.17) is 0 Å². The highest BCUT2D eigenvalue weighted by Gasteiger charge is 2.34. The Labute approximate surface area is 172 Å². The highest BCUT2D eigenvalue weighted by atomic mass is 16.3. The average molecular weight is 397 g/mol. The van der Waals surface area contributed by atoms with Crippen LogP contribution >= 0.6 is 0 Å². The molecule has 29 heavy (non-hydrogen) atoms. The van der Waals surface area contributed by atoms with Crippen molar-refractivity contribution in [2.45, 2.75) is 58.1 Å². The number of aliphatic hydroxyl groups is 1. The Balaban J connectivity index is 1.35. The van der Waals surface area contributed by atoms with E-state index >= 15 is 0 Å². The highest BCUT2D eigenvalue weighted by molar-refractivity contribution is 5.79. The molecule has 1 amide bonds. The molecule has 2 aliphatic heterocycles. The van der Waals surface area contributed by atoms with Gasteiger partial charge in [-0.15, -0.1) is 0 Å². The molecule has 1 saturated heterocycles. The Morgan fingerprint density at radius 3 is 2.72 bits per heavy atom. The van der Waals surface area contributed by atoms with Crippen molar-refractivity contribution in [1.29, 1.82) is 0 Å². The molecular weight excluding hydrogens is 364 g/mol. The molecule has 6 nitrogen and oxygen atoms in total. The van der Waals surface area contributed by atoms with Crippen LogP contribution in [0.3, 0.4) is 0 Å². The van der Waals surface area contributed by atoms with E-state index in [2.05, 4.69) is 39.4 Å². The van der Waals surface area contributed by atoms with Gasteiger partial charge in [-0.1, -0.05) is 24.3 Å². The molecule has 6 heteroatoms. The summed E-state index contributed by atoms with van der Waals surface area (Å²) in [6.45, 7) is 7.81. The minimum Gasteiger partial charge on any atom is -0.388 e. The van der Waals surface area contributed by atoms with E-state index in [9.17, 15) is 9.90 Å². The maximum absolute atomic E-state index is 12.9. The van der Waals surface area contributed by atoms with Gasteiger partial charge < -0.3 is 10.0 Å². The molecule has 0 bridgehead atoms. The smallest absolute Gasteiger partial charge is 0.227 e. The van der Waals surface area contributed by atoms with Gasteiger partial charge in [0.25, 0.3) is 0 Å². The summed E-state index contributed by atoms with van der Waals surface area (Å²) in [5.74, 6) is 0.133. The number of H-pyrrole nitrogens is 1.